The Morgan fingerprint density at radius 2 is 2.23 bits per heavy atom. The highest BCUT2D eigenvalue weighted by Gasteiger charge is 2.11. The molecule has 0 saturated heterocycles. The molecule has 0 aromatic heterocycles. The lowest BCUT2D eigenvalue weighted by Gasteiger charge is -2.20. The minimum Gasteiger partial charge on any atom is -0.308 e. The number of rotatable bonds is 4. The molecule has 1 N–H and O–H groups in total. The van der Waals surface area contributed by atoms with Gasteiger partial charge in [0.1, 0.15) is 0 Å². The first-order valence-electron chi connectivity index (χ1n) is 4.20. The van der Waals surface area contributed by atoms with Crippen LogP contribution in [0, 0.1) is 11.3 Å². The lowest BCUT2D eigenvalue weighted by molar-refractivity contribution is 0.589. The molecular formula is C11H16N2. The zero-order valence-electron chi connectivity index (χ0n) is 8.46. The zero-order valence-corrected chi connectivity index (χ0v) is 8.46. The summed E-state index contributed by atoms with van der Waals surface area (Å²) in [5, 5.41) is 11.7. The Hall–Kier alpha value is -1.33. The molecular weight excluding hydrogens is 160 g/mol. The molecule has 1 atom stereocenters. The number of likely N-dealkylation sites (N-methyl/N-ethyl adjacent to an activating group) is 1. The highest BCUT2D eigenvalue weighted by atomic mass is 14.9. The smallest absolute Gasteiger partial charge is 0.0987 e. The largest absolute Gasteiger partial charge is 0.308 e. The molecule has 0 heterocycles. The van der Waals surface area contributed by atoms with Gasteiger partial charge in [0.2, 0.25) is 0 Å². The Bertz CT molecular complexity index is 268. The van der Waals surface area contributed by atoms with Gasteiger partial charge in [-0.15, -0.1) is 6.58 Å². The van der Waals surface area contributed by atoms with Crippen LogP contribution in [-0.2, 0) is 0 Å². The number of nitrogens with zero attached hydrogens (tertiary/aromatic N) is 1. The Balaban J connectivity index is 4.60. The van der Waals surface area contributed by atoms with Crippen molar-refractivity contribution in [2.45, 2.75) is 19.4 Å². The third kappa shape index (κ3) is 3.73. The van der Waals surface area contributed by atoms with Crippen molar-refractivity contribution in [3.8, 4) is 6.07 Å². The second kappa shape index (κ2) is 5.34. The monoisotopic (exact) mass is 176 g/mol. The summed E-state index contributed by atoms with van der Waals surface area (Å²) < 4.78 is 0. The standard InChI is InChI=1S/C11H16N2/c1-5-10(9-12)7-8-11(3,6-2)13-4/h5-8,13H,2H2,1,3-4H3/b8-7-,10-5+. The predicted molar refractivity (Wildman–Crippen MR) is 56.2 cm³/mol. The maximum Gasteiger partial charge on any atom is 0.0987 e. The van der Waals surface area contributed by atoms with Gasteiger partial charge in [0, 0.05) is 5.57 Å². The van der Waals surface area contributed by atoms with E-state index >= 15 is 0 Å². The lowest BCUT2D eigenvalue weighted by atomic mass is 10.0. The first-order chi connectivity index (χ1) is 6.11. The van der Waals surface area contributed by atoms with Gasteiger partial charge in [-0.3, -0.25) is 0 Å². The molecule has 0 radical (unpaired) electrons. The van der Waals surface area contributed by atoms with Gasteiger partial charge in [-0.05, 0) is 27.0 Å². The second-order valence-corrected chi connectivity index (χ2v) is 2.93. The van der Waals surface area contributed by atoms with Gasteiger partial charge in [0.25, 0.3) is 0 Å². The van der Waals surface area contributed by atoms with Gasteiger partial charge in [-0.25, -0.2) is 0 Å². The third-order valence-corrected chi connectivity index (χ3v) is 2.01. The van der Waals surface area contributed by atoms with Crippen molar-refractivity contribution in [2.75, 3.05) is 7.05 Å². The molecule has 0 bridgehead atoms. The number of allylic oxidation sites excluding steroid dienone is 3. The quantitative estimate of drug-likeness (QED) is 0.405. The fourth-order valence-electron chi connectivity index (χ4n) is 0.714. The molecule has 0 aliphatic carbocycles. The van der Waals surface area contributed by atoms with Crippen LogP contribution in [0.3, 0.4) is 0 Å². The Morgan fingerprint density at radius 3 is 2.54 bits per heavy atom. The van der Waals surface area contributed by atoms with Crippen molar-refractivity contribution in [2.24, 2.45) is 0 Å². The van der Waals surface area contributed by atoms with E-state index in [2.05, 4.69) is 18.0 Å². The molecule has 0 aromatic carbocycles. The Labute approximate surface area is 80.3 Å². The van der Waals surface area contributed by atoms with Gasteiger partial charge in [-0.2, -0.15) is 5.26 Å². The van der Waals surface area contributed by atoms with E-state index < -0.39 is 0 Å². The molecule has 0 fully saturated rings. The highest BCUT2D eigenvalue weighted by molar-refractivity contribution is 5.34. The van der Waals surface area contributed by atoms with Crippen LogP contribution in [0.1, 0.15) is 13.8 Å². The minimum absolute atomic E-state index is 0.245. The van der Waals surface area contributed by atoms with Gasteiger partial charge < -0.3 is 5.32 Å². The normalized spacial score (nSPS) is 16.6. The molecule has 0 rings (SSSR count). The van der Waals surface area contributed by atoms with Crippen LogP contribution in [0.2, 0.25) is 0 Å². The summed E-state index contributed by atoms with van der Waals surface area (Å²) in [6.07, 6.45) is 7.28. The third-order valence-electron chi connectivity index (χ3n) is 2.01. The first-order valence-corrected chi connectivity index (χ1v) is 4.20. The molecule has 0 aliphatic heterocycles. The van der Waals surface area contributed by atoms with E-state index in [-0.39, 0.29) is 5.54 Å². The van der Waals surface area contributed by atoms with Crippen LogP contribution in [-0.4, -0.2) is 12.6 Å². The van der Waals surface area contributed by atoms with Crippen molar-refractivity contribution < 1.29 is 0 Å². The fourth-order valence-corrected chi connectivity index (χ4v) is 0.714. The number of nitriles is 1. The molecule has 70 valence electrons. The summed E-state index contributed by atoms with van der Waals surface area (Å²) in [4.78, 5) is 0. The molecule has 0 amide bonds. The maximum absolute atomic E-state index is 8.65. The van der Waals surface area contributed by atoms with Crippen molar-refractivity contribution in [1.82, 2.24) is 5.32 Å². The van der Waals surface area contributed by atoms with E-state index in [1.807, 2.05) is 27.0 Å². The SMILES string of the molecule is C=CC(C)(/C=C\C(C#N)=C/C)NC. The Kier molecular flexibility index (Phi) is 4.79. The lowest BCUT2D eigenvalue weighted by Crippen LogP contribution is -2.34. The molecule has 0 saturated carbocycles. The van der Waals surface area contributed by atoms with Crippen molar-refractivity contribution >= 4 is 0 Å². The van der Waals surface area contributed by atoms with Gasteiger partial charge in [-0.1, -0.05) is 18.2 Å². The highest BCUT2D eigenvalue weighted by Crippen LogP contribution is 2.08. The van der Waals surface area contributed by atoms with E-state index in [9.17, 15) is 0 Å². The summed E-state index contributed by atoms with van der Waals surface area (Å²) in [6.45, 7) is 7.55. The number of hydrogen-bond donors (Lipinski definition) is 1. The summed E-state index contributed by atoms with van der Waals surface area (Å²) >= 11 is 0. The van der Waals surface area contributed by atoms with Gasteiger partial charge in [0.15, 0.2) is 0 Å². The molecule has 1 unspecified atom stereocenters. The molecule has 0 aliphatic rings. The van der Waals surface area contributed by atoms with Crippen molar-refractivity contribution in [3.05, 3.63) is 36.5 Å². The minimum atomic E-state index is -0.245. The molecule has 0 aromatic rings. The molecule has 2 heteroatoms. The molecule has 13 heavy (non-hydrogen) atoms. The van der Waals surface area contributed by atoms with Gasteiger partial charge >= 0.3 is 0 Å². The Morgan fingerprint density at radius 1 is 1.62 bits per heavy atom. The zero-order chi connectivity index (χ0) is 10.3. The van der Waals surface area contributed by atoms with E-state index in [0.717, 1.165) is 0 Å². The average Bonchev–Trinajstić information content (AvgIpc) is 2.19. The van der Waals surface area contributed by atoms with Crippen LogP contribution in [0.4, 0.5) is 0 Å². The van der Waals surface area contributed by atoms with Crippen molar-refractivity contribution in [3.63, 3.8) is 0 Å². The molecule has 0 spiro atoms. The maximum atomic E-state index is 8.65. The topological polar surface area (TPSA) is 35.8 Å². The summed E-state index contributed by atoms with van der Waals surface area (Å²) in [5.41, 5.74) is 0.411. The van der Waals surface area contributed by atoms with Crippen molar-refractivity contribution in [1.29, 1.82) is 5.26 Å². The van der Waals surface area contributed by atoms with Gasteiger partial charge in [0.05, 0.1) is 11.6 Å². The van der Waals surface area contributed by atoms with E-state index in [4.69, 9.17) is 5.26 Å². The molecule has 2 nitrogen and oxygen atoms in total. The van der Waals surface area contributed by atoms with Crippen LogP contribution < -0.4 is 5.32 Å². The average molecular weight is 176 g/mol. The summed E-state index contributed by atoms with van der Waals surface area (Å²) in [7, 11) is 1.85. The van der Waals surface area contributed by atoms with Crippen LogP contribution in [0.25, 0.3) is 0 Å². The summed E-state index contributed by atoms with van der Waals surface area (Å²) in [6, 6.07) is 2.08. The number of nitrogens with one attached hydrogen (secondary N) is 1. The van der Waals surface area contributed by atoms with Crippen LogP contribution in [0.5, 0.6) is 0 Å². The van der Waals surface area contributed by atoms with Crippen LogP contribution >= 0.6 is 0 Å². The van der Waals surface area contributed by atoms with E-state index in [1.54, 1.807) is 18.2 Å². The predicted octanol–water partition coefficient (Wildman–Crippen LogP) is 2.18. The van der Waals surface area contributed by atoms with Crippen LogP contribution in [0.15, 0.2) is 36.5 Å². The summed E-state index contributed by atoms with van der Waals surface area (Å²) in [5.74, 6) is 0. The fraction of sp³-hybridized carbons (Fsp3) is 0.364. The number of hydrogen-bond acceptors (Lipinski definition) is 2. The van der Waals surface area contributed by atoms with E-state index in [0.29, 0.717) is 5.57 Å². The second-order valence-electron chi connectivity index (χ2n) is 2.93. The van der Waals surface area contributed by atoms with E-state index in [1.165, 1.54) is 0 Å². The first kappa shape index (κ1) is 11.7.